The van der Waals surface area contributed by atoms with E-state index in [0.29, 0.717) is 0 Å². The second-order valence-electron chi connectivity index (χ2n) is 2.81. The molecule has 0 radical (unpaired) electrons. The lowest BCUT2D eigenvalue weighted by Crippen LogP contribution is -2.17. The molecule has 62 valence electrons. The van der Waals surface area contributed by atoms with Crippen LogP contribution >= 0.6 is 0 Å². The minimum Gasteiger partial charge on any atom is -0.374 e. The maximum absolute atomic E-state index is 9.81. The number of rotatable bonds is 1. The highest BCUT2D eigenvalue weighted by Gasteiger charge is 2.18. The van der Waals surface area contributed by atoms with Gasteiger partial charge in [-0.3, -0.25) is 0 Å². The smallest absolute Gasteiger partial charge is 0.148 e. The van der Waals surface area contributed by atoms with Gasteiger partial charge in [-0.05, 0) is 19.4 Å². The Morgan fingerprint density at radius 1 is 1.25 bits per heavy atom. The summed E-state index contributed by atoms with van der Waals surface area (Å²) in [5, 5.41) is 9.81. The normalized spacial score (nSPS) is 14.2. The van der Waals surface area contributed by atoms with Crippen molar-refractivity contribution in [3.8, 4) is 11.8 Å². The van der Waals surface area contributed by atoms with Crippen LogP contribution in [-0.4, -0.2) is 5.11 Å². The van der Waals surface area contributed by atoms with Crippen molar-refractivity contribution in [2.45, 2.75) is 19.4 Å². The number of aliphatic hydroxyl groups is 1. The van der Waals surface area contributed by atoms with E-state index in [9.17, 15) is 5.11 Å². The molecule has 1 atom stereocenters. The van der Waals surface area contributed by atoms with Gasteiger partial charge < -0.3 is 5.11 Å². The van der Waals surface area contributed by atoms with Crippen LogP contribution in [0.25, 0.3) is 0 Å². The van der Waals surface area contributed by atoms with Crippen molar-refractivity contribution in [2.24, 2.45) is 0 Å². The molecular weight excluding hydrogens is 148 g/mol. The number of hydrogen-bond donors (Lipinski definition) is 1. The zero-order chi connectivity index (χ0) is 9.03. The molecule has 1 heteroatoms. The van der Waals surface area contributed by atoms with Crippen molar-refractivity contribution in [1.82, 2.24) is 0 Å². The molecule has 0 fully saturated rings. The van der Waals surface area contributed by atoms with Gasteiger partial charge in [0.2, 0.25) is 0 Å². The van der Waals surface area contributed by atoms with Crippen LogP contribution in [-0.2, 0) is 5.60 Å². The molecule has 0 saturated carbocycles. The summed E-state index contributed by atoms with van der Waals surface area (Å²) < 4.78 is 0. The quantitative estimate of drug-likeness (QED) is 0.622. The SMILES string of the molecule is CC#CC(C)(O)c1ccccc1. The summed E-state index contributed by atoms with van der Waals surface area (Å²) in [5.41, 5.74) is -0.185. The summed E-state index contributed by atoms with van der Waals surface area (Å²) in [6.07, 6.45) is 0. The van der Waals surface area contributed by atoms with Crippen LogP contribution in [0.3, 0.4) is 0 Å². The van der Waals surface area contributed by atoms with Gasteiger partial charge in [0, 0.05) is 0 Å². The van der Waals surface area contributed by atoms with E-state index in [1.165, 1.54) is 0 Å². The van der Waals surface area contributed by atoms with Gasteiger partial charge >= 0.3 is 0 Å². The summed E-state index contributed by atoms with van der Waals surface area (Å²) in [6, 6.07) is 9.43. The molecule has 0 amide bonds. The highest BCUT2D eigenvalue weighted by Crippen LogP contribution is 2.18. The van der Waals surface area contributed by atoms with Crippen LogP contribution in [0.5, 0.6) is 0 Å². The van der Waals surface area contributed by atoms with Gasteiger partial charge in [-0.2, -0.15) is 0 Å². The molecule has 1 N–H and O–H groups in total. The van der Waals surface area contributed by atoms with Crippen LogP contribution in [0, 0.1) is 11.8 Å². The predicted molar refractivity (Wildman–Crippen MR) is 49.5 cm³/mol. The molecule has 0 bridgehead atoms. The predicted octanol–water partition coefficient (Wildman–Crippen LogP) is 1.92. The highest BCUT2D eigenvalue weighted by atomic mass is 16.3. The van der Waals surface area contributed by atoms with E-state index < -0.39 is 5.60 Å². The second kappa shape index (κ2) is 3.42. The van der Waals surface area contributed by atoms with E-state index in [-0.39, 0.29) is 0 Å². The maximum Gasteiger partial charge on any atom is 0.148 e. The van der Waals surface area contributed by atoms with E-state index in [1.807, 2.05) is 30.3 Å². The van der Waals surface area contributed by atoms with Crippen molar-refractivity contribution < 1.29 is 5.11 Å². The first-order valence-electron chi connectivity index (χ1n) is 3.88. The number of benzene rings is 1. The van der Waals surface area contributed by atoms with Crippen molar-refractivity contribution in [2.75, 3.05) is 0 Å². The molecule has 0 spiro atoms. The molecule has 0 aliphatic carbocycles. The Morgan fingerprint density at radius 2 is 1.83 bits per heavy atom. The molecule has 0 aromatic heterocycles. The second-order valence-corrected chi connectivity index (χ2v) is 2.81. The van der Waals surface area contributed by atoms with Gasteiger partial charge in [0.05, 0.1) is 0 Å². The third-order valence-corrected chi connectivity index (χ3v) is 1.70. The third-order valence-electron chi connectivity index (χ3n) is 1.70. The van der Waals surface area contributed by atoms with Crippen LogP contribution in [0.4, 0.5) is 0 Å². The highest BCUT2D eigenvalue weighted by molar-refractivity contribution is 5.29. The van der Waals surface area contributed by atoms with Gasteiger partial charge in [-0.1, -0.05) is 36.3 Å². The lowest BCUT2D eigenvalue weighted by molar-refractivity contribution is 0.122. The summed E-state index contributed by atoms with van der Waals surface area (Å²) in [4.78, 5) is 0. The van der Waals surface area contributed by atoms with Crippen LogP contribution < -0.4 is 0 Å². The summed E-state index contributed by atoms with van der Waals surface area (Å²) in [6.45, 7) is 3.41. The monoisotopic (exact) mass is 160 g/mol. The minimum atomic E-state index is -1.02. The van der Waals surface area contributed by atoms with Crippen LogP contribution in [0.1, 0.15) is 19.4 Å². The zero-order valence-electron chi connectivity index (χ0n) is 7.33. The fraction of sp³-hybridized carbons (Fsp3) is 0.273. The number of hydrogen-bond acceptors (Lipinski definition) is 1. The van der Waals surface area contributed by atoms with Crippen LogP contribution in [0.2, 0.25) is 0 Å². The maximum atomic E-state index is 9.81. The van der Waals surface area contributed by atoms with Crippen molar-refractivity contribution >= 4 is 0 Å². The minimum absolute atomic E-state index is 0.833. The molecule has 1 nitrogen and oxygen atoms in total. The average Bonchev–Trinajstić information content (AvgIpc) is 2.06. The fourth-order valence-corrected chi connectivity index (χ4v) is 1.08. The molecule has 0 aliphatic heterocycles. The van der Waals surface area contributed by atoms with Gasteiger partial charge in [-0.25, -0.2) is 0 Å². The lowest BCUT2D eigenvalue weighted by Gasteiger charge is -2.16. The Bertz CT molecular complexity index is 301. The Labute approximate surface area is 73.0 Å². The van der Waals surface area contributed by atoms with Crippen LogP contribution in [0.15, 0.2) is 30.3 Å². The van der Waals surface area contributed by atoms with Gasteiger partial charge in [0.25, 0.3) is 0 Å². The average molecular weight is 160 g/mol. The van der Waals surface area contributed by atoms with E-state index in [0.717, 1.165) is 5.56 Å². The molecule has 0 heterocycles. The Morgan fingerprint density at radius 3 is 2.33 bits per heavy atom. The summed E-state index contributed by atoms with van der Waals surface area (Å²) in [7, 11) is 0. The Balaban J connectivity index is 3.03. The van der Waals surface area contributed by atoms with Crippen molar-refractivity contribution in [3.63, 3.8) is 0 Å². The molecule has 0 saturated heterocycles. The fourth-order valence-electron chi connectivity index (χ4n) is 1.08. The van der Waals surface area contributed by atoms with Gasteiger partial charge in [0.1, 0.15) is 5.60 Å². The van der Waals surface area contributed by atoms with Crippen molar-refractivity contribution in [3.05, 3.63) is 35.9 Å². The van der Waals surface area contributed by atoms with E-state index in [2.05, 4.69) is 11.8 Å². The zero-order valence-corrected chi connectivity index (χ0v) is 7.33. The van der Waals surface area contributed by atoms with Gasteiger partial charge in [-0.15, -0.1) is 5.92 Å². The van der Waals surface area contributed by atoms with E-state index >= 15 is 0 Å². The van der Waals surface area contributed by atoms with Crippen molar-refractivity contribution in [1.29, 1.82) is 0 Å². The molecule has 0 aliphatic rings. The first kappa shape index (κ1) is 8.83. The molecule has 12 heavy (non-hydrogen) atoms. The third kappa shape index (κ3) is 1.87. The van der Waals surface area contributed by atoms with E-state index in [1.54, 1.807) is 13.8 Å². The summed E-state index contributed by atoms with van der Waals surface area (Å²) >= 11 is 0. The standard InChI is InChI=1S/C11H12O/c1-3-9-11(2,12)10-7-5-4-6-8-10/h4-8,12H,1-2H3. The molecule has 1 unspecified atom stereocenters. The Hall–Kier alpha value is -1.26. The largest absolute Gasteiger partial charge is 0.374 e. The lowest BCUT2D eigenvalue weighted by atomic mass is 9.97. The molecule has 1 aromatic rings. The Kier molecular flexibility index (Phi) is 2.52. The first-order valence-corrected chi connectivity index (χ1v) is 3.88. The topological polar surface area (TPSA) is 20.2 Å². The first-order chi connectivity index (χ1) is 5.67. The molecule has 1 aromatic carbocycles. The summed E-state index contributed by atoms with van der Waals surface area (Å²) in [5.74, 6) is 5.45. The van der Waals surface area contributed by atoms with E-state index in [4.69, 9.17) is 0 Å². The van der Waals surface area contributed by atoms with Gasteiger partial charge in [0.15, 0.2) is 0 Å². The molecule has 1 rings (SSSR count). The molecular formula is C11H12O.